The van der Waals surface area contributed by atoms with Crippen LogP contribution in [0.3, 0.4) is 0 Å². The molecule has 11 N–H and O–H groups in total. The average Bonchev–Trinajstić information content (AvgIpc) is 0.772. The van der Waals surface area contributed by atoms with Gasteiger partial charge in [0.1, 0.15) is 34.4 Å². The monoisotopic (exact) mass is 1520 g/mol. The second kappa shape index (κ2) is 28.1. The first-order chi connectivity index (χ1) is 47.2. The van der Waals surface area contributed by atoms with Gasteiger partial charge in [-0.2, -0.15) is 0 Å². The minimum atomic E-state index is -0.958. The predicted octanol–water partition coefficient (Wildman–Crippen LogP) is 18.0. The molecule has 0 unspecified atom stereocenters. The fraction of sp³-hybridized carbons (Fsp3) is 0.570. The standard InChI is InChI=1S/C20H24N2O2.C20H26N2O.C19H24N2O.C10H9NO3.C10H17N.BBr3/c1-24-16-2-3-17-15(7-16)8-18(21-17)19(23)22-20-9-12-4-13(10-20)6-14(5-12)11-20;1-23-18-2-3-19-16(8-18)7-17(22-19)12-21-20-9-13-4-14(10-20)6-15(5-13)11-20;22-17-1-2-18-15(7-17)6-16(21-18)11-20-19-8-12-3-13(9-19)5-14(4-12)10-19;1-14-7-2-3-8-6(4-7)5-9(11-8)10(12)13;11-10-4-7-1-8(5-10)3-9(2-7)6-10;2-1(3)4/h2-3,7-8,12-14,21H,4-6,9-11H2,1H3,(H,22,23);2-3,7-8,13-15,21-22H,4-6,9-12H2,1H3;1-2,6-7,12-14,20-22H,3-5,8-11H2;2-5,11H,1H3,(H,12,13);7-9H,1-6,11H2;. The number of ether oxygens (including phenoxy) is 3. The normalized spacial score (nSPS) is 33.2. The highest BCUT2D eigenvalue weighted by Gasteiger charge is 2.54. The lowest BCUT2D eigenvalue weighted by Gasteiger charge is -2.57. The number of nitrogens with two attached hydrogens (primary N) is 1. The number of carboxylic acids is 1. The number of aromatic nitrogens is 4. The molecule has 4 aromatic heterocycles. The number of hydrogen-bond donors (Lipinski definition) is 10. The van der Waals surface area contributed by atoms with Crippen molar-refractivity contribution in [1.29, 1.82) is 0 Å². The van der Waals surface area contributed by atoms with Crippen LogP contribution in [-0.4, -0.2) is 88.7 Å². The Hall–Kier alpha value is -5.44. The number of carbonyl (C=O) groups is 2. The molecule has 0 atom stereocenters. The molecule has 1 amide bonds. The van der Waals surface area contributed by atoms with Crippen LogP contribution in [0.1, 0.15) is 186 Å². The van der Waals surface area contributed by atoms with E-state index in [1.807, 2.05) is 42.5 Å². The Morgan fingerprint density at radius 2 is 0.735 bits per heavy atom. The number of rotatable bonds is 12. The van der Waals surface area contributed by atoms with Crippen molar-refractivity contribution in [2.45, 2.75) is 189 Å². The number of H-pyrrole nitrogens is 4. The van der Waals surface area contributed by atoms with E-state index in [0.717, 1.165) is 128 Å². The van der Waals surface area contributed by atoms with Crippen molar-refractivity contribution >= 4 is 106 Å². The minimum Gasteiger partial charge on any atom is -0.508 e. The van der Waals surface area contributed by atoms with Crippen molar-refractivity contribution in [3.05, 3.63) is 120 Å². The molecule has 16 saturated carbocycles. The highest BCUT2D eigenvalue weighted by molar-refractivity contribution is 9.69. The lowest BCUT2D eigenvalue weighted by atomic mass is 9.53. The van der Waals surface area contributed by atoms with Gasteiger partial charge in [0.2, 0.25) is 0 Å². The largest absolute Gasteiger partial charge is 0.508 e. The van der Waals surface area contributed by atoms with Crippen LogP contribution in [0.5, 0.6) is 23.0 Å². The number of fused-ring (bicyclic) bond motifs is 4. The number of hydrogen-bond acceptors (Lipinski definition) is 9. The van der Waals surface area contributed by atoms with Gasteiger partial charge in [0.05, 0.1) is 21.3 Å². The number of carboxylic acid groups (broad SMARTS) is 1. The van der Waals surface area contributed by atoms with Gasteiger partial charge in [0, 0.05) is 90.2 Å². The summed E-state index contributed by atoms with van der Waals surface area (Å²) in [5.41, 5.74) is 15.0. The fourth-order valence-electron chi connectivity index (χ4n) is 23.4. The first-order valence-electron chi connectivity index (χ1n) is 36.8. The second-order valence-electron chi connectivity index (χ2n) is 33.2. The van der Waals surface area contributed by atoms with Crippen LogP contribution in [0.25, 0.3) is 43.6 Å². The highest BCUT2D eigenvalue weighted by atomic mass is 79.9. The zero-order valence-corrected chi connectivity index (χ0v) is 62.0. The fourth-order valence-corrected chi connectivity index (χ4v) is 23.4. The third kappa shape index (κ3) is 15.3. The number of amides is 1. The van der Waals surface area contributed by atoms with Crippen LogP contribution in [0.15, 0.2) is 97.1 Å². The molecule has 0 spiro atoms. The number of aromatic amines is 4. The van der Waals surface area contributed by atoms with Crippen molar-refractivity contribution < 1.29 is 34.0 Å². The van der Waals surface area contributed by atoms with E-state index in [-0.39, 0.29) is 20.3 Å². The molecule has 8 aromatic rings. The maximum Gasteiger partial charge on any atom is 0.369 e. The summed E-state index contributed by atoms with van der Waals surface area (Å²) in [6.45, 7) is 1.88. The summed E-state index contributed by atoms with van der Waals surface area (Å²) in [7, 11) is 4.96. The summed E-state index contributed by atoms with van der Waals surface area (Å²) in [6, 6.07) is 31.0. The molecule has 16 aliphatic carbocycles. The van der Waals surface area contributed by atoms with Gasteiger partial charge in [0.25, 0.3) is 5.91 Å². The van der Waals surface area contributed by atoms with Crippen molar-refractivity contribution in [3.8, 4) is 23.0 Å². The Labute approximate surface area is 601 Å². The van der Waals surface area contributed by atoms with Crippen molar-refractivity contribution in [2.24, 2.45) is 76.7 Å². The van der Waals surface area contributed by atoms with E-state index in [2.05, 4.69) is 107 Å². The van der Waals surface area contributed by atoms with Crippen LogP contribution >= 0.6 is 47.3 Å². The SMILES string of the molecule is BrB(Br)Br.COc1ccc2[nH]c(C(=O)NC34CC5CC(CC(C5)C3)C4)cc2c1.COc1ccc2[nH]c(C(=O)O)cc2c1.COc1ccc2[nH]c(CNC34CC5CC(CC(C5)C3)C4)cc2c1.NC12CC3CC(CC(C3)C1)C2.Oc1ccc2[nH]c(CNC34CC5CC(CC(C5)C3)C4)cc2c1. The molecule has 0 aliphatic heterocycles. The predicted molar refractivity (Wildman–Crippen MR) is 403 cm³/mol. The number of methoxy groups -OCH3 is 3. The Morgan fingerprint density at radius 3 is 1.08 bits per heavy atom. The number of aromatic carboxylic acids is 1. The average molecular weight is 1520 g/mol. The summed E-state index contributed by atoms with van der Waals surface area (Å²) in [5.74, 6) is 13.4. The molecule has 15 nitrogen and oxygen atoms in total. The first-order valence-corrected chi connectivity index (χ1v) is 39.5. The lowest BCUT2D eigenvalue weighted by Crippen LogP contribution is -2.59. The van der Waals surface area contributed by atoms with Crippen LogP contribution in [0.4, 0.5) is 0 Å². The molecule has 0 radical (unpaired) electrons. The van der Waals surface area contributed by atoms with E-state index in [1.54, 1.807) is 51.7 Å². The van der Waals surface area contributed by atoms with E-state index in [1.165, 1.54) is 176 Å². The second-order valence-corrected chi connectivity index (χ2v) is 39.6. The third-order valence-corrected chi connectivity index (χ3v) is 25.6. The zero-order valence-electron chi connectivity index (χ0n) is 57.3. The smallest absolute Gasteiger partial charge is 0.369 e. The summed E-state index contributed by atoms with van der Waals surface area (Å²) >= 11 is 9.31. The van der Waals surface area contributed by atoms with Gasteiger partial charge in [-0.1, -0.05) is 0 Å². The van der Waals surface area contributed by atoms with Gasteiger partial charge in [0.15, 0.2) is 0 Å². The maximum atomic E-state index is 12.9. The molecule has 16 aliphatic rings. The minimum absolute atomic E-state index is 0.0483. The summed E-state index contributed by atoms with van der Waals surface area (Å²) in [5, 5.41) is 33.9. The van der Waals surface area contributed by atoms with Crippen molar-refractivity contribution in [3.63, 3.8) is 0 Å². The zero-order chi connectivity index (χ0) is 67.7. The third-order valence-electron chi connectivity index (χ3n) is 25.6. The van der Waals surface area contributed by atoms with Gasteiger partial charge in [-0.15, -0.1) is 47.3 Å². The van der Waals surface area contributed by atoms with Gasteiger partial charge in [-0.25, -0.2) is 4.79 Å². The molecule has 522 valence electrons. The van der Waals surface area contributed by atoms with Gasteiger partial charge >= 0.3 is 9.15 Å². The quantitative estimate of drug-likeness (QED) is 0.0521. The lowest BCUT2D eigenvalue weighted by molar-refractivity contribution is -0.0208. The van der Waals surface area contributed by atoms with Crippen LogP contribution in [-0.2, 0) is 13.1 Å². The first kappa shape index (κ1) is 68.3. The molecule has 4 aromatic carbocycles. The molecular formula is C79H100BBr3N8O7. The van der Waals surface area contributed by atoms with Crippen LogP contribution < -0.4 is 35.9 Å². The van der Waals surface area contributed by atoms with Crippen molar-refractivity contribution in [2.75, 3.05) is 21.3 Å². The Kier molecular flexibility index (Phi) is 19.6. The molecule has 19 heteroatoms. The van der Waals surface area contributed by atoms with Crippen LogP contribution in [0.2, 0.25) is 0 Å². The summed E-state index contributed by atoms with van der Waals surface area (Å²) < 4.78 is 15.9. The van der Waals surface area contributed by atoms with Gasteiger partial charge < -0.3 is 66.0 Å². The van der Waals surface area contributed by atoms with E-state index >= 15 is 0 Å². The van der Waals surface area contributed by atoms with Crippen molar-refractivity contribution in [1.82, 2.24) is 35.9 Å². The van der Waals surface area contributed by atoms with Gasteiger partial charge in [-0.3, -0.25) is 4.79 Å². The van der Waals surface area contributed by atoms with Crippen LogP contribution in [0, 0.1) is 71.0 Å². The summed E-state index contributed by atoms with van der Waals surface area (Å²) in [6.07, 6.45) is 33.7. The molecule has 98 heavy (non-hydrogen) atoms. The Balaban J connectivity index is 0.000000101. The number of benzene rings is 4. The molecule has 0 saturated heterocycles. The number of nitrogens with one attached hydrogen (secondary N) is 7. The maximum absolute atomic E-state index is 12.9. The van der Waals surface area contributed by atoms with E-state index in [4.69, 9.17) is 25.1 Å². The van der Waals surface area contributed by atoms with E-state index < -0.39 is 5.97 Å². The van der Waals surface area contributed by atoms with Gasteiger partial charge in [-0.05, 0) is 322 Å². The number of phenolic OH excluding ortho intramolecular Hbond substituents is 1. The Morgan fingerprint density at radius 1 is 0.439 bits per heavy atom. The molecular weight excluding hydrogens is 1420 g/mol. The summed E-state index contributed by atoms with van der Waals surface area (Å²) in [4.78, 5) is 36.6. The van der Waals surface area contributed by atoms with E-state index in [0.29, 0.717) is 33.8 Å². The molecule has 16 bridgehead atoms. The number of halogens is 3. The number of phenols is 1. The molecule has 24 rings (SSSR count). The number of aromatic hydroxyl groups is 1. The molecule has 4 heterocycles. The van der Waals surface area contributed by atoms with E-state index in [9.17, 15) is 14.7 Å². The number of carbonyl (C=O) groups excluding carboxylic acids is 1. The topological polar surface area (TPSA) is 228 Å². The Bertz CT molecular complexity index is 4030. The molecule has 16 fully saturated rings. The highest BCUT2D eigenvalue weighted by Crippen LogP contribution is 2.59.